The molecule has 1 aliphatic rings. The topological polar surface area (TPSA) is 65.5 Å². The number of carbonyl (C=O) groups is 1. The van der Waals surface area contributed by atoms with Crippen LogP contribution in [-0.4, -0.2) is 46.6 Å². The molecule has 1 fully saturated rings. The average Bonchev–Trinajstić information content (AvgIpc) is 2.91. The van der Waals surface area contributed by atoms with E-state index >= 15 is 0 Å². The number of aromatic nitrogens is 1. The molecule has 1 amide bonds. The molecule has 22 heavy (non-hydrogen) atoms. The van der Waals surface area contributed by atoms with Crippen LogP contribution in [0.1, 0.15) is 43.3 Å². The van der Waals surface area contributed by atoms with Crippen LogP contribution in [0.25, 0.3) is 0 Å². The fraction of sp³-hybridized carbons (Fsp3) is 0.750. The number of nitrogens with one attached hydrogen (secondary N) is 1. The summed E-state index contributed by atoms with van der Waals surface area (Å²) >= 11 is 1.69. The Hall–Kier alpha value is -0.980. The number of piperidine rings is 1. The van der Waals surface area contributed by atoms with Gasteiger partial charge in [-0.1, -0.05) is 13.3 Å². The number of amides is 1. The van der Waals surface area contributed by atoms with E-state index in [2.05, 4.69) is 20.6 Å². The summed E-state index contributed by atoms with van der Waals surface area (Å²) in [5.41, 5.74) is 1.13. The predicted octanol–water partition coefficient (Wildman–Crippen LogP) is 1.94. The highest BCUT2D eigenvalue weighted by Crippen LogP contribution is 2.20. The van der Waals surface area contributed by atoms with Crippen molar-refractivity contribution in [1.29, 1.82) is 0 Å². The molecule has 1 aromatic heterocycles. The molecule has 1 saturated heterocycles. The molecule has 1 unspecified atom stereocenters. The zero-order chi connectivity index (χ0) is 15.9. The van der Waals surface area contributed by atoms with Gasteiger partial charge in [0, 0.05) is 24.4 Å². The normalized spacial score (nSPS) is 18.3. The molecule has 0 radical (unpaired) electrons. The fourth-order valence-corrected chi connectivity index (χ4v) is 3.47. The summed E-state index contributed by atoms with van der Waals surface area (Å²) in [6.45, 7) is 7.19. The van der Waals surface area contributed by atoms with Crippen LogP contribution in [0.3, 0.4) is 0 Å². The van der Waals surface area contributed by atoms with E-state index in [1.54, 1.807) is 11.3 Å². The number of aliphatic hydroxyl groups excluding tert-OH is 1. The highest BCUT2D eigenvalue weighted by molar-refractivity contribution is 7.09. The van der Waals surface area contributed by atoms with Gasteiger partial charge in [0.1, 0.15) is 0 Å². The second kappa shape index (κ2) is 8.60. The van der Waals surface area contributed by atoms with Gasteiger partial charge in [-0.3, -0.25) is 9.69 Å². The Morgan fingerprint density at radius 1 is 1.55 bits per heavy atom. The Kier molecular flexibility index (Phi) is 6.79. The third kappa shape index (κ3) is 5.34. The second-order valence-electron chi connectivity index (χ2n) is 6.10. The Labute approximate surface area is 136 Å². The van der Waals surface area contributed by atoms with Crippen molar-refractivity contribution in [3.05, 3.63) is 16.1 Å². The van der Waals surface area contributed by atoms with Crippen LogP contribution >= 0.6 is 11.3 Å². The maximum absolute atomic E-state index is 12.1. The van der Waals surface area contributed by atoms with Crippen LogP contribution in [0.5, 0.6) is 0 Å². The lowest BCUT2D eigenvalue weighted by Gasteiger charge is -2.30. The van der Waals surface area contributed by atoms with E-state index in [9.17, 15) is 9.90 Å². The minimum atomic E-state index is -0.415. The summed E-state index contributed by atoms with van der Waals surface area (Å²) in [7, 11) is 0. The smallest absolute Gasteiger partial charge is 0.223 e. The van der Waals surface area contributed by atoms with Gasteiger partial charge in [0.25, 0.3) is 0 Å². The van der Waals surface area contributed by atoms with Gasteiger partial charge in [0.2, 0.25) is 5.91 Å². The van der Waals surface area contributed by atoms with Crippen molar-refractivity contribution in [3.8, 4) is 0 Å². The van der Waals surface area contributed by atoms with Gasteiger partial charge < -0.3 is 10.4 Å². The summed E-state index contributed by atoms with van der Waals surface area (Å²) in [6, 6.07) is 0. The zero-order valence-corrected chi connectivity index (χ0v) is 14.4. The number of nitrogens with zero attached hydrogens (tertiary/aromatic N) is 2. The lowest BCUT2D eigenvalue weighted by atomic mass is 9.95. The van der Waals surface area contributed by atoms with Gasteiger partial charge in [0.05, 0.1) is 16.8 Å². The first-order chi connectivity index (χ1) is 10.6. The first kappa shape index (κ1) is 17.4. The molecule has 0 bridgehead atoms. The number of aryl methyl sites for hydroxylation is 1. The van der Waals surface area contributed by atoms with E-state index in [4.69, 9.17) is 0 Å². The molecule has 2 N–H and O–H groups in total. The van der Waals surface area contributed by atoms with Crippen LogP contribution in [0.4, 0.5) is 0 Å². The molecule has 5 nitrogen and oxygen atoms in total. The van der Waals surface area contributed by atoms with Gasteiger partial charge >= 0.3 is 0 Å². The third-order valence-corrected chi connectivity index (χ3v) is 4.97. The van der Waals surface area contributed by atoms with E-state index in [1.165, 1.54) is 0 Å². The molecule has 6 heteroatoms. The summed E-state index contributed by atoms with van der Waals surface area (Å²) in [4.78, 5) is 19.0. The lowest BCUT2D eigenvalue weighted by Crippen LogP contribution is -2.42. The van der Waals surface area contributed by atoms with E-state index < -0.39 is 6.10 Å². The van der Waals surface area contributed by atoms with E-state index in [0.29, 0.717) is 6.54 Å². The molecular formula is C16H27N3O2S. The molecule has 1 atom stereocenters. The fourth-order valence-electron chi connectivity index (χ4n) is 2.86. The lowest BCUT2D eigenvalue weighted by molar-refractivity contribution is -0.127. The molecule has 124 valence electrons. The maximum atomic E-state index is 12.1. The van der Waals surface area contributed by atoms with Crippen molar-refractivity contribution in [2.24, 2.45) is 5.92 Å². The molecule has 0 aromatic carbocycles. The summed E-state index contributed by atoms with van der Waals surface area (Å²) in [5.74, 6) is 0.182. The molecular weight excluding hydrogens is 298 g/mol. The van der Waals surface area contributed by atoms with Crippen molar-refractivity contribution in [1.82, 2.24) is 15.2 Å². The van der Waals surface area contributed by atoms with Gasteiger partial charge in [-0.25, -0.2) is 4.98 Å². The largest absolute Gasteiger partial charge is 0.391 e. The number of rotatable bonds is 7. The number of likely N-dealkylation sites (tertiary alicyclic amines) is 1. The highest BCUT2D eigenvalue weighted by Gasteiger charge is 2.25. The Bertz CT molecular complexity index is 470. The van der Waals surface area contributed by atoms with Crippen molar-refractivity contribution >= 4 is 17.2 Å². The number of hydrogen-bond donors (Lipinski definition) is 2. The van der Waals surface area contributed by atoms with E-state index in [-0.39, 0.29) is 11.8 Å². The summed E-state index contributed by atoms with van der Waals surface area (Å²) in [6.07, 6.45) is 3.04. The molecule has 1 aromatic rings. The van der Waals surface area contributed by atoms with E-state index in [1.807, 2.05) is 13.8 Å². The standard InChI is InChI=1S/C16H27N3O2S/c1-3-4-15(20)9-17-16(21)13-5-7-19(8-6-13)10-14-11-22-12(2)18-14/h11,13,15,20H,3-10H2,1-2H3,(H,17,21). The van der Waals surface area contributed by atoms with Crippen molar-refractivity contribution < 1.29 is 9.90 Å². The van der Waals surface area contributed by atoms with Crippen LogP contribution < -0.4 is 5.32 Å². The molecule has 0 saturated carbocycles. The molecule has 2 heterocycles. The van der Waals surface area contributed by atoms with Crippen LogP contribution in [-0.2, 0) is 11.3 Å². The minimum absolute atomic E-state index is 0.0854. The van der Waals surface area contributed by atoms with Gasteiger partial charge in [-0.2, -0.15) is 0 Å². The Morgan fingerprint density at radius 2 is 2.27 bits per heavy atom. The second-order valence-corrected chi connectivity index (χ2v) is 7.16. The first-order valence-corrected chi connectivity index (χ1v) is 9.05. The summed E-state index contributed by atoms with van der Waals surface area (Å²) in [5, 5.41) is 15.8. The quantitative estimate of drug-likeness (QED) is 0.804. The van der Waals surface area contributed by atoms with Crippen LogP contribution in [0.2, 0.25) is 0 Å². The Morgan fingerprint density at radius 3 is 2.86 bits per heavy atom. The number of carbonyl (C=O) groups excluding carboxylic acids is 1. The zero-order valence-electron chi connectivity index (χ0n) is 13.5. The maximum Gasteiger partial charge on any atom is 0.223 e. The SMILES string of the molecule is CCCC(O)CNC(=O)C1CCN(Cc2csc(C)n2)CC1. The van der Waals surface area contributed by atoms with Gasteiger partial charge in [0.15, 0.2) is 0 Å². The molecule has 1 aliphatic heterocycles. The number of hydrogen-bond acceptors (Lipinski definition) is 5. The average molecular weight is 325 g/mol. The highest BCUT2D eigenvalue weighted by atomic mass is 32.1. The monoisotopic (exact) mass is 325 g/mol. The van der Waals surface area contributed by atoms with Crippen molar-refractivity contribution in [3.63, 3.8) is 0 Å². The van der Waals surface area contributed by atoms with Crippen LogP contribution in [0, 0.1) is 12.8 Å². The third-order valence-electron chi connectivity index (χ3n) is 4.14. The number of aliphatic hydroxyl groups is 1. The molecule has 0 aliphatic carbocycles. The van der Waals surface area contributed by atoms with E-state index in [0.717, 1.165) is 56.0 Å². The number of thiazole rings is 1. The summed E-state index contributed by atoms with van der Waals surface area (Å²) < 4.78 is 0. The van der Waals surface area contributed by atoms with Crippen molar-refractivity contribution in [2.45, 2.75) is 52.2 Å². The van der Waals surface area contributed by atoms with Gasteiger partial charge in [-0.05, 0) is 39.3 Å². The Balaban J connectivity index is 1.69. The van der Waals surface area contributed by atoms with Gasteiger partial charge in [-0.15, -0.1) is 11.3 Å². The van der Waals surface area contributed by atoms with Crippen LogP contribution in [0.15, 0.2) is 5.38 Å². The minimum Gasteiger partial charge on any atom is -0.391 e. The molecule has 2 rings (SSSR count). The van der Waals surface area contributed by atoms with Crippen molar-refractivity contribution in [2.75, 3.05) is 19.6 Å². The molecule has 0 spiro atoms. The first-order valence-electron chi connectivity index (χ1n) is 8.17. The predicted molar refractivity (Wildman–Crippen MR) is 88.8 cm³/mol.